The summed E-state index contributed by atoms with van der Waals surface area (Å²) < 4.78 is 0. The predicted molar refractivity (Wildman–Crippen MR) is 32.7 cm³/mol. The lowest BCUT2D eigenvalue weighted by molar-refractivity contribution is 1.11. The fourth-order valence-electron chi connectivity index (χ4n) is 0.729. The maximum atomic E-state index is 3.89. The van der Waals surface area contributed by atoms with Crippen molar-refractivity contribution in [2.75, 3.05) is 0 Å². The Hall–Kier alpha value is -1.38. The van der Waals surface area contributed by atoms with Crippen LogP contribution >= 0.6 is 0 Å². The molecule has 0 saturated heterocycles. The molecule has 0 unspecified atom stereocenters. The van der Waals surface area contributed by atoms with Gasteiger partial charge in [0.1, 0.15) is 6.20 Å². The lowest BCUT2D eigenvalue weighted by Crippen LogP contribution is -1.69. The van der Waals surface area contributed by atoms with Crippen LogP contribution in [-0.4, -0.2) is 15.2 Å². The molecule has 2 heterocycles. The maximum Gasteiger partial charge on any atom is 0.121 e. The van der Waals surface area contributed by atoms with Gasteiger partial charge in [-0.3, -0.25) is 10.1 Å². The molecule has 0 aliphatic carbocycles. The molecule has 0 fully saturated rings. The molecule has 2 rings (SSSR count). The van der Waals surface area contributed by atoms with E-state index in [9.17, 15) is 0 Å². The van der Waals surface area contributed by atoms with E-state index in [1.54, 1.807) is 12.4 Å². The van der Waals surface area contributed by atoms with E-state index in [-0.39, 0.29) is 0 Å². The fourth-order valence-corrected chi connectivity index (χ4v) is 0.729. The van der Waals surface area contributed by atoms with Gasteiger partial charge in [0.05, 0.1) is 11.7 Å². The van der Waals surface area contributed by atoms with Gasteiger partial charge in [0.15, 0.2) is 0 Å². The number of nitrogens with zero attached hydrogens (tertiary/aromatic N) is 2. The zero-order valence-corrected chi connectivity index (χ0v) is 4.63. The van der Waals surface area contributed by atoms with Crippen LogP contribution in [0, 0.1) is 6.20 Å². The minimum Gasteiger partial charge on any atom is -0.276 e. The molecule has 0 saturated carbocycles. The molecule has 0 aliphatic heterocycles. The minimum atomic E-state index is 0.928. The molecule has 0 spiro atoms. The molecule has 3 nitrogen and oxygen atoms in total. The number of pyridine rings is 1. The second-order valence-electron chi connectivity index (χ2n) is 1.76. The first kappa shape index (κ1) is 4.49. The summed E-state index contributed by atoms with van der Waals surface area (Å²) in [5.41, 5.74) is 0.928. The van der Waals surface area contributed by atoms with E-state index in [0.29, 0.717) is 0 Å². The number of nitrogens with one attached hydrogen (secondary N) is 1. The Balaban J connectivity index is 2.95. The van der Waals surface area contributed by atoms with E-state index in [1.165, 1.54) is 0 Å². The molecule has 1 N–H and O–H groups in total. The Morgan fingerprint density at radius 3 is 3.44 bits per heavy atom. The van der Waals surface area contributed by atoms with Crippen LogP contribution in [0.2, 0.25) is 0 Å². The number of hydrogen-bond donors (Lipinski definition) is 1. The summed E-state index contributed by atoms with van der Waals surface area (Å²) in [6, 6.07) is 1.86. The number of aromatic nitrogens is 3. The summed E-state index contributed by atoms with van der Waals surface area (Å²) in [5.74, 6) is 0. The Morgan fingerprint density at radius 2 is 2.56 bits per heavy atom. The molecule has 43 valence electrons. The van der Waals surface area contributed by atoms with Gasteiger partial charge < -0.3 is 0 Å². The van der Waals surface area contributed by atoms with Gasteiger partial charge in [-0.15, -0.1) is 0 Å². The largest absolute Gasteiger partial charge is 0.276 e. The first-order valence-electron chi connectivity index (χ1n) is 2.62. The van der Waals surface area contributed by atoms with Crippen LogP contribution in [0.4, 0.5) is 0 Å². The second-order valence-corrected chi connectivity index (χ2v) is 1.76. The van der Waals surface area contributed by atoms with Crippen molar-refractivity contribution in [1.82, 2.24) is 15.2 Å². The Labute approximate surface area is 51.7 Å². The Morgan fingerprint density at radius 1 is 1.56 bits per heavy atom. The summed E-state index contributed by atoms with van der Waals surface area (Å²) in [7, 11) is 0. The minimum absolute atomic E-state index is 0.928. The molecule has 0 bridgehead atoms. The molecule has 0 atom stereocenters. The predicted octanol–water partition coefficient (Wildman–Crippen LogP) is 0.758. The van der Waals surface area contributed by atoms with E-state index >= 15 is 0 Å². The summed E-state index contributed by atoms with van der Waals surface area (Å²) >= 11 is 0. The monoisotopic (exact) mass is 118 g/mol. The lowest BCUT2D eigenvalue weighted by Gasteiger charge is -1.80. The van der Waals surface area contributed by atoms with Crippen molar-refractivity contribution in [2.24, 2.45) is 0 Å². The SMILES string of the molecule is [c]1n[nH]c2cnccc12. The molecule has 0 aliphatic rings. The van der Waals surface area contributed by atoms with Crippen molar-refractivity contribution >= 4 is 10.9 Å². The average molecular weight is 118 g/mol. The van der Waals surface area contributed by atoms with Crippen LogP contribution in [0.3, 0.4) is 0 Å². The summed E-state index contributed by atoms with van der Waals surface area (Å²) in [6.45, 7) is 0. The van der Waals surface area contributed by atoms with Gasteiger partial charge in [0.25, 0.3) is 0 Å². The first-order chi connectivity index (χ1) is 4.47. The van der Waals surface area contributed by atoms with Crippen molar-refractivity contribution in [2.45, 2.75) is 0 Å². The molecule has 0 aromatic carbocycles. The molecule has 0 amide bonds. The van der Waals surface area contributed by atoms with Gasteiger partial charge in [-0.25, -0.2) is 0 Å². The zero-order valence-electron chi connectivity index (χ0n) is 4.63. The van der Waals surface area contributed by atoms with Crippen molar-refractivity contribution < 1.29 is 0 Å². The highest BCUT2D eigenvalue weighted by atomic mass is 15.1. The summed E-state index contributed by atoms with van der Waals surface area (Å²) in [4.78, 5) is 3.89. The van der Waals surface area contributed by atoms with Crippen molar-refractivity contribution in [3.8, 4) is 0 Å². The number of H-pyrrole nitrogens is 1. The standard InChI is InChI=1S/C6H4N3/c1-2-7-4-6-5(1)3-8-9-6/h1-2,4H,(H,8,9). The highest BCUT2D eigenvalue weighted by molar-refractivity contribution is 5.75. The Kier molecular flexibility index (Phi) is 0.773. The number of fused-ring (bicyclic) bond motifs is 1. The van der Waals surface area contributed by atoms with Crippen molar-refractivity contribution in [3.63, 3.8) is 0 Å². The quantitative estimate of drug-likeness (QED) is 0.554. The van der Waals surface area contributed by atoms with Crippen LogP contribution < -0.4 is 0 Å². The van der Waals surface area contributed by atoms with Gasteiger partial charge in [-0.05, 0) is 6.07 Å². The van der Waals surface area contributed by atoms with Gasteiger partial charge in [0, 0.05) is 11.6 Å². The maximum absolute atomic E-state index is 3.89. The molecular weight excluding hydrogens is 114 g/mol. The van der Waals surface area contributed by atoms with Crippen LogP contribution in [0.15, 0.2) is 18.5 Å². The molecule has 2 aromatic rings. The zero-order chi connectivity index (χ0) is 6.10. The van der Waals surface area contributed by atoms with Crippen LogP contribution in [-0.2, 0) is 0 Å². The summed E-state index contributed by atoms with van der Waals surface area (Å²) in [5, 5.41) is 7.44. The second kappa shape index (κ2) is 1.55. The third-order valence-electron chi connectivity index (χ3n) is 1.17. The third kappa shape index (κ3) is 0.579. The molecular formula is C6H4N3. The summed E-state index contributed by atoms with van der Waals surface area (Å²) in [6.07, 6.45) is 6.21. The molecule has 9 heavy (non-hydrogen) atoms. The normalized spacial score (nSPS) is 10.2. The number of hydrogen-bond acceptors (Lipinski definition) is 2. The van der Waals surface area contributed by atoms with Gasteiger partial charge in [0.2, 0.25) is 0 Å². The number of aromatic amines is 1. The molecule has 2 aromatic heterocycles. The number of rotatable bonds is 0. The van der Waals surface area contributed by atoms with Crippen molar-refractivity contribution in [3.05, 3.63) is 24.7 Å². The van der Waals surface area contributed by atoms with E-state index in [0.717, 1.165) is 10.9 Å². The average Bonchev–Trinajstić information content (AvgIpc) is 2.33. The topological polar surface area (TPSA) is 41.6 Å². The van der Waals surface area contributed by atoms with Crippen LogP contribution in [0.5, 0.6) is 0 Å². The molecule has 3 heteroatoms. The third-order valence-corrected chi connectivity index (χ3v) is 1.17. The van der Waals surface area contributed by atoms with E-state index < -0.39 is 0 Å². The van der Waals surface area contributed by atoms with Gasteiger partial charge in [-0.2, -0.15) is 5.10 Å². The first-order valence-corrected chi connectivity index (χ1v) is 2.62. The fraction of sp³-hybridized carbons (Fsp3) is 0. The highest BCUT2D eigenvalue weighted by Gasteiger charge is 1.90. The van der Waals surface area contributed by atoms with E-state index in [1.807, 2.05) is 6.07 Å². The smallest absolute Gasteiger partial charge is 0.121 e. The highest BCUT2D eigenvalue weighted by Crippen LogP contribution is 2.04. The van der Waals surface area contributed by atoms with E-state index in [4.69, 9.17) is 0 Å². The van der Waals surface area contributed by atoms with Gasteiger partial charge in [-0.1, -0.05) is 0 Å². The van der Waals surface area contributed by atoms with Gasteiger partial charge >= 0.3 is 0 Å². The van der Waals surface area contributed by atoms with Crippen LogP contribution in [0.25, 0.3) is 10.9 Å². The molecule has 1 radical (unpaired) electrons. The van der Waals surface area contributed by atoms with Crippen LogP contribution in [0.1, 0.15) is 0 Å². The Bertz CT molecular complexity index is 282. The van der Waals surface area contributed by atoms with E-state index in [2.05, 4.69) is 21.4 Å². The lowest BCUT2D eigenvalue weighted by atomic mass is 10.3. The van der Waals surface area contributed by atoms with Crippen molar-refractivity contribution in [1.29, 1.82) is 0 Å².